The Bertz CT molecular complexity index is 126. The van der Waals surface area contributed by atoms with E-state index in [1.54, 1.807) is 0 Å². The van der Waals surface area contributed by atoms with E-state index >= 15 is 0 Å². The average Bonchev–Trinajstić information content (AvgIpc) is 2.07. The molecule has 1 saturated carbocycles. The highest BCUT2D eigenvalue weighted by Gasteiger charge is 2.15. The summed E-state index contributed by atoms with van der Waals surface area (Å²) in [6, 6.07) is 0.757. The van der Waals surface area contributed by atoms with Crippen molar-refractivity contribution < 1.29 is 0 Å². The van der Waals surface area contributed by atoms with Crippen LogP contribution in [-0.2, 0) is 0 Å². The predicted octanol–water partition coefficient (Wildman–Crippen LogP) is 1.91. The van der Waals surface area contributed by atoms with E-state index in [1.807, 2.05) is 13.4 Å². The van der Waals surface area contributed by atoms with Crippen molar-refractivity contribution in [2.75, 3.05) is 14.1 Å². The fraction of sp³-hybridized carbons (Fsp3) is 0.889. The molecule has 0 amide bonds. The third-order valence-corrected chi connectivity index (χ3v) is 2.45. The molecule has 0 unspecified atom stereocenters. The zero-order valence-corrected chi connectivity index (χ0v) is 7.58. The van der Waals surface area contributed by atoms with Crippen LogP contribution in [0.2, 0.25) is 0 Å². The normalized spacial score (nSPS) is 20.9. The molecule has 0 N–H and O–H groups in total. The molecule has 0 saturated heterocycles. The van der Waals surface area contributed by atoms with Crippen molar-refractivity contribution in [3.63, 3.8) is 0 Å². The van der Waals surface area contributed by atoms with Crippen LogP contribution in [0.4, 0.5) is 0 Å². The molecule has 0 bridgehead atoms. The second-order valence-electron chi connectivity index (χ2n) is 3.33. The van der Waals surface area contributed by atoms with Gasteiger partial charge in [0.25, 0.3) is 0 Å². The van der Waals surface area contributed by atoms with E-state index in [9.17, 15) is 0 Å². The quantitative estimate of drug-likeness (QED) is 0.438. The Hall–Kier alpha value is -0.530. The molecule has 2 nitrogen and oxygen atoms in total. The molecule has 0 aromatic carbocycles. The summed E-state index contributed by atoms with van der Waals surface area (Å²) in [7, 11) is 3.96. The highest BCUT2D eigenvalue weighted by atomic mass is 15.1. The molecule has 1 aliphatic rings. The van der Waals surface area contributed by atoms with Crippen molar-refractivity contribution in [2.45, 2.75) is 38.1 Å². The van der Waals surface area contributed by atoms with Gasteiger partial charge in [-0.1, -0.05) is 19.3 Å². The van der Waals surface area contributed by atoms with Crippen molar-refractivity contribution >= 4 is 6.34 Å². The Labute approximate surface area is 69.3 Å². The van der Waals surface area contributed by atoms with Gasteiger partial charge in [-0.25, -0.2) is 0 Å². The Balaban J connectivity index is 2.32. The van der Waals surface area contributed by atoms with Crippen molar-refractivity contribution in [1.82, 2.24) is 4.90 Å². The Morgan fingerprint density at radius 1 is 1.27 bits per heavy atom. The van der Waals surface area contributed by atoms with Crippen molar-refractivity contribution in [1.29, 1.82) is 0 Å². The predicted molar refractivity (Wildman–Crippen MR) is 49.1 cm³/mol. The molecule has 1 fully saturated rings. The first kappa shape index (κ1) is 8.57. The third-order valence-electron chi connectivity index (χ3n) is 2.45. The standard InChI is InChI=1S/C9H18N2/c1-10-8-11(2)9-6-4-3-5-7-9/h8-9H,3-7H2,1-2H3. The number of aliphatic imine (C=N–C) groups is 1. The molecule has 0 spiro atoms. The van der Waals surface area contributed by atoms with Crippen LogP contribution in [-0.4, -0.2) is 31.4 Å². The van der Waals surface area contributed by atoms with Gasteiger partial charge >= 0.3 is 0 Å². The van der Waals surface area contributed by atoms with Gasteiger partial charge in [0.2, 0.25) is 0 Å². The van der Waals surface area contributed by atoms with Crippen molar-refractivity contribution in [2.24, 2.45) is 4.99 Å². The minimum Gasteiger partial charge on any atom is -0.363 e. The summed E-state index contributed by atoms with van der Waals surface area (Å²) in [6.07, 6.45) is 8.85. The molecule has 11 heavy (non-hydrogen) atoms. The van der Waals surface area contributed by atoms with Crippen LogP contribution in [0.1, 0.15) is 32.1 Å². The summed E-state index contributed by atoms with van der Waals surface area (Å²) >= 11 is 0. The lowest BCUT2D eigenvalue weighted by molar-refractivity contribution is 0.284. The molecule has 2 heteroatoms. The minimum absolute atomic E-state index is 0.757. The molecule has 0 aromatic rings. The van der Waals surface area contributed by atoms with Crippen LogP contribution in [0.5, 0.6) is 0 Å². The van der Waals surface area contributed by atoms with Crippen LogP contribution in [0.3, 0.4) is 0 Å². The summed E-state index contributed by atoms with van der Waals surface area (Å²) in [4.78, 5) is 6.26. The monoisotopic (exact) mass is 154 g/mol. The summed E-state index contributed by atoms with van der Waals surface area (Å²) in [5.41, 5.74) is 0. The molecule has 1 aliphatic carbocycles. The Morgan fingerprint density at radius 3 is 2.45 bits per heavy atom. The maximum Gasteiger partial charge on any atom is 0.0846 e. The van der Waals surface area contributed by atoms with E-state index in [1.165, 1.54) is 32.1 Å². The third kappa shape index (κ3) is 2.52. The first-order valence-electron chi connectivity index (χ1n) is 4.49. The smallest absolute Gasteiger partial charge is 0.0846 e. The van der Waals surface area contributed by atoms with E-state index in [2.05, 4.69) is 16.9 Å². The van der Waals surface area contributed by atoms with E-state index in [0.29, 0.717) is 0 Å². The first-order chi connectivity index (χ1) is 5.34. The maximum atomic E-state index is 4.01. The Morgan fingerprint density at radius 2 is 1.91 bits per heavy atom. The molecule has 0 radical (unpaired) electrons. The molecule has 1 rings (SSSR count). The summed E-state index contributed by atoms with van der Waals surface area (Å²) in [5.74, 6) is 0. The lowest BCUT2D eigenvalue weighted by Gasteiger charge is -2.29. The van der Waals surface area contributed by atoms with E-state index in [-0.39, 0.29) is 0 Å². The maximum absolute atomic E-state index is 4.01. The second kappa shape index (κ2) is 4.37. The van der Waals surface area contributed by atoms with Crippen molar-refractivity contribution in [3.8, 4) is 0 Å². The fourth-order valence-corrected chi connectivity index (χ4v) is 1.76. The molecule has 64 valence electrons. The number of nitrogens with zero attached hydrogens (tertiary/aromatic N) is 2. The lowest BCUT2D eigenvalue weighted by atomic mass is 9.95. The van der Waals surface area contributed by atoms with Crippen LogP contribution in [0, 0.1) is 0 Å². The van der Waals surface area contributed by atoms with Crippen LogP contribution < -0.4 is 0 Å². The number of hydrogen-bond donors (Lipinski definition) is 0. The largest absolute Gasteiger partial charge is 0.363 e. The zero-order chi connectivity index (χ0) is 8.10. The number of rotatable bonds is 2. The van der Waals surface area contributed by atoms with Gasteiger partial charge in [0.1, 0.15) is 0 Å². The van der Waals surface area contributed by atoms with Crippen molar-refractivity contribution in [3.05, 3.63) is 0 Å². The highest BCUT2D eigenvalue weighted by molar-refractivity contribution is 5.54. The average molecular weight is 154 g/mol. The zero-order valence-electron chi connectivity index (χ0n) is 7.58. The molecule has 0 aromatic heterocycles. The summed E-state index contributed by atoms with van der Waals surface area (Å²) < 4.78 is 0. The van der Waals surface area contributed by atoms with E-state index in [4.69, 9.17) is 0 Å². The highest BCUT2D eigenvalue weighted by Crippen LogP contribution is 2.20. The summed E-state index contributed by atoms with van der Waals surface area (Å²) in [6.45, 7) is 0. The van der Waals surface area contributed by atoms with Gasteiger partial charge in [-0.15, -0.1) is 0 Å². The van der Waals surface area contributed by atoms with Gasteiger partial charge < -0.3 is 4.90 Å². The summed E-state index contributed by atoms with van der Waals surface area (Å²) in [5, 5.41) is 0. The van der Waals surface area contributed by atoms with E-state index in [0.717, 1.165) is 6.04 Å². The van der Waals surface area contributed by atoms with Gasteiger partial charge in [0.15, 0.2) is 0 Å². The molecular formula is C9H18N2. The van der Waals surface area contributed by atoms with Crippen LogP contribution in [0.25, 0.3) is 0 Å². The lowest BCUT2D eigenvalue weighted by Crippen LogP contribution is -2.32. The molecule has 0 aliphatic heterocycles. The van der Waals surface area contributed by atoms with Gasteiger partial charge in [-0.05, 0) is 12.8 Å². The van der Waals surface area contributed by atoms with Crippen LogP contribution in [0.15, 0.2) is 4.99 Å². The van der Waals surface area contributed by atoms with Gasteiger partial charge in [0, 0.05) is 20.1 Å². The SMILES string of the molecule is CN=CN(C)C1CCCCC1. The Kier molecular flexibility index (Phi) is 3.40. The van der Waals surface area contributed by atoms with Gasteiger partial charge in [-0.2, -0.15) is 0 Å². The second-order valence-corrected chi connectivity index (χ2v) is 3.33. The fourth-order valence-electron chi connectivity index (χ4n) is 1.76. The van der Waals surface area contributed by atoms with Crippen LogP contribution >= 0.6 is 0 Å². The minimum atomic E-state index is 0.757. The topological polar surface area (TPSA) is 15.6 Å². The number of hydrogen-bond acceptors (Lipinski definition) is 1. The van der Waals surface area contributed by atoms with Gasteiger partial charge in [0.05, 0.1) is 6.34 Å². The first-order valence-corrected chi connectivity index (χ1v) is 4.49. The molecule has 0 atom stereocenters. The molecule has 0 heterocycles. The van der Waals surface area contributed by atoms with E-state index < -0.39 is 0 Å². The molecular weight excluding hydrogens is 136 g/mol. The van der Waals surface area contributed by atoms with Gasteiger partial charge in [-0.3, -0.25) is 4.99 Å².